The van der Waals surface area contributed by atoms with Gasteiger partial charge in [-0.05, 0) is 37.3 Å². The summed E-state index contributed by atoms with van der Waals surface area (Å²) < 4.78 is 0. The quantitative estimate of drug-likeness (QED) is 0.329. The summed E-state index contributed by atoms with van der Waals surface area (Å²) >= 11 is 0. The van der Waals surface area contributed by atoms with Crippen LogP contribution in [0, 0.1) is 0 Å². The maximum Gasteiger partial charge on any atom is 0.191 e. The van der Waals surface area contributed by atoms with Gasteiger partial charge in [-0.25, -0.2) is 0 Å². The molecule has 1 atom stereocenters. The molecule has 1 aromatic rings. The van der Waals surface area contributed by atoms with Crippen molar-refractivity contribution in [3.05, 3.63) is 35.4 Å². The van der Waals surface area contributed by atoms with Crippen LogP contribution in [0.2, 0.25) is 0 Å². The van der Waals surface area contributed by atoms with Crippen LogP contribution < -0.4 is 10.6 Å². The lowest BCUT2D eigenvalue weighted by Gasteiger charge is -2.30. The second-order valence-corrected chi connectivity index (χ2v) is 7.61. The Morgan fingerprint density at radius 2 is 1.96 bits per heavy atom. The first-order valence-electron chi connectivity index (χ1n) is 10.3. The molecule has 0 aromatic heterocycles. The number of nitrogens with one attached hydrogen (secondary N) is 2. The molecule has 0 spiro atoms. The van der Waals surface area contributed by atoms with Crippen LogP contribution in [0.3, 0.4) is 0 Å². The molecule has 2 aliphatic rings. The summed E-state index contributed by atoms with van der Waals surface area (Å²) in [5.74, 6) is 0.849. The summed E-state index contributed by atoms with van der Waals surface area (Å²) in [4.78, 5) is 6.97. The number of guanidine groups is 1. The van der Waals surface area contributed by atoms with Crippen molar-refractivity contribution in [1.29, 1.82) is 0 Å². The molecule has 0 bridgehead atoms. The molecule has 1 saturated carbocycles. The predicted molar refractivity (Wildman–Crippen MR) is 123 cm³/mol. The molecule has 3 rings (SSSR count). The molecule has 0 saturated heterocycles. The molecule has 1 aromatic carbocycles. The first-order valence-corrected chi connectivity index (χ1v) is 10.3. The Labute approximate surface area is 181 Å². The van der Waals surface area contributed by atoms with Gasteiger partial charge in [-0.2, -0.15) is 0 Å². The summed E-state index contributed by atoms with van der Waals surface area (Å²) in [7, 11) is 0. The van der Waals surface area contributed by atoms with Gasteiger partial charge in [0.25, 0.3) is 0 Å². The van der Waals surface area contributed by atoms with E-state index in [0.29, 0.717) is 19.1 Å². The first kappa shape index (κ1) is 22.4. The molecule has 1 aliphatic heterocycles. The SMILES string of the molecule is CCNC(=NCC(O)CN1CCc2ccccc2C1)NC1CCCCC1.I. The van der Waals surface area contributed by atoms with Crippen molar-refractivity contribution >= 4 is 29.9 Å². The van der Waals surface area contributed by atoms with E-state index in [9.17, 15) is 5.11 Å². The number of aliphatic hydroxyl groups excluding tert-OH is 1. The van der Waals surface area contributed by atoms with Gasteiger partial charge in [-0.15, -0.1) is 24.0 Å². The smallest absolute Gasteiger partial charge is 0.191 e. The molecule has 1 unspecified atom stereocenters. The zero-order chi connectivity index (χ0) is 18.2. The Balaban J connectivity index is 0.00000261. The van der Waals surface area contributed by atoms with Gasteiger partial charge in [0.05, 0.1) is 12.6 Å². The van der Waals surface area contributed by atoms with Crippen LogP contribution in [0.1, 0.15) is 50.2 Å². The first-order chi connectivity index (χ1) is 12.7. The van der Waals surface area contributed by atoms with Crippen molar-refractivity contribution in [3.63, 3.8) is 0 Å². The maximum absolute atomic E-state index is 10.5. The Morgan fingerprint density at radius 1 is 1.22 bits per heavy atom. The average Bonchev–Trinajstić information content (AvgIpc) is 2.67. The summed E-state index contributed by atoms with van der Waals surface area (Å²) in [6.07, 6.45) is 7.04. The van der Waals surface area contributed by atoms with Gasteiger partial charge in [-0.3, -0.25) is 9.89 Å². The van der Waals surface area contributed by atoms with Gasteiger partial charge < -0.3 is 15.7 Å². The highest BCUT2D eigenvalue weighted by Gasteiger charge is 2.19. The van der Waals surface area contributed by atoms with Gasteiger partial charge >= 0.3 is 0 Å². The van der Waals surface area contributed by atoms with Gasteiger partial charge in [0, 0.05) is 32.2 Å². The zero-order valence-corrected chi connectivity index (χ0v) is 18.8. The fourth-order valence-corrected chi connectivity index (χ4v) is 4.02. The Kier molecular flexibility index (Phi) is 9.86. The van der Waals surface area contributed by atoms with Crippen LogP contribution in [0.5, 0.6) is 0 Å². The van der Waals surface area contributed by atoms with E-state index >= 15 is 0 Å². The molecule has 3 N–H and O–H groups in total. The van der Waals surface area contributed by atoms with E-state index in [-0.39, 0.29) is 24.0 Å². The lowest BCUT2D eigenvalue weighted by molar-refractivity contribution is 0.111. The molecule has 1 heterocycles. The molecular formula is C21H35IN4O. The highest BCUT2D eigenvalue weighted by Crippen LogP contribution is 2.19. The van der Waals surface area contributed by atoms with Gasteiger partial charge in [0.1, 0.15) is 0 Å². The van der Waals surface area contributed by atoms with Crippen molar-refractivity contribution in [1.82, 2.24) is 15.5 Å². The minimum Gasteiger partial charge on any atom is -0.390 e. The van der Waals surface area contributed by atoms with Crippen molar-refractivity contribution in [2.75, 3.05) is 26.2 Å². The minimum atomic E-state index is -0.429. The molecule has 5 nitrogen and oxygen atoms in total. The summed E-state index contributed by atoms with van der Waals surface area (Å²) in [6, 6.07) is 9.15. The second kappa shape index (κ2) is 11.9. The summed E-state index contributed by atoms with van der Waals surface area (Å²) in [5.41, 5.74) is 2.84. The van der Waals surface area contributed by atoms with E-state index in [0.717, 1.165) is 32.0 Å². The number of nitrogens with zero attached hydrogens (tertiary/aromatic N) is 2. The van der Waals surface area contributed by atoms with E-state index in [4.69, 9.17) is 0 Å². The molecule has 27 heavy (non-hydrogen) atoms. The third kappa shape index (κ3) is 7.23. The number of hydrogen-bond acceptors (Lipinski definition) is 3. The second-order valence-electron chi connectivity index (χ2n) is 7.61. The highest BCUT2D eigenvalue weighted by atomic mass is 127. The highest BCUT2D eigenvalue weighted by molar-refractivity contribution is 14.0. The molecule has 1 aliphatic carbocycles. The number of aliphatic imine (C=N–C) groups is 1. The number of β-amino-alcohol motifs (C(OH)–C–C–N with tert-alkyl or cyclic N) is 1. The summed E-state index contributed by atoms with van der Waals surface area (Å²) in [6.45, 7) is 5.99. The van der Waals surface area contributed by atoms with Crippen LogP contribution in [-0.2, 0) is 13.0 Å². The Bertz CT molecular complexity index is 589. The molecule has 1 fully saturated rings. The van der Waals surface area contributed by atoms with Crippen molar-refractivity contribution < 1.29 is 5.11 Å². The Morgan fingerprint density at radius 3 is 2.70 bits per heavy atom. The average molecular weight is 486 g/mol. The van der Waals surface area contributed by atoms with E-state index in [2.05, 4.69) is 51.7 Å². The molecule has 0 radical (unpaired) electrons. The largest absolute Gasteiger partial charge is 0.390 e. The minimum absolute atomic E-state index is 0. The molecule has 6 heteroatoms. The Hall–Kier alpha value is -0.860. The van der Waals surface area contributed by atoms with Gasteiger partial charge in [-0.1, -0.05) is 43.5 Å². The molecular weight excluding hydrogens is 451 g/mol. The monoisotopic (exact) mass is 486 g/mol. The summed E-state index contributed by atoms with van der Waals surface area (Å²) in [5, 5.41) is 17.3. The van der Waals surface area contributed by atoms with Crippen LogP contribution >= 0.6 is 24.0 Å². The van der Waals surface area contributed by atoms with E-state index < -0.39 is 6.10 Å². The third-order valence-electron chi connectivity index (χ3n) is 5.43. The lowest BCUT2D eigenvalue weighted by atomic mass is 9.96. The van der Waals surface area contributed by atoms with Crippen molar-refractivity contribution in [2.24, 2.45) is 4.99 Å². The number of aliphatic hydroxyl groups is 1. The maximum atomic E-state index is 10.5. The van der Waals surface area contributed by atoms with Crippen molar-refractivity contribution in [2.45, 2.75) is 64.1 Å². The standard InChI is InChI=1S/C21H34N4O.HI/c1-2-22-21(24-19-10-4-3-5-11-19)23-14-20(26)16-25-13-12-17-8-6-7-9-18(17)15-25;/h6-9,19-20,26H,2-5,10-16H2,1H3,(H2,22,23,24);1H. The normalized spacial score (nSPS) is 19.7. The van der Waals surface area contributed by atoms with Crippen LogP contribution in [0.15, 0.2) is 29.3 Å². The van der Waals surface area contributed by atoms with Gasteiger partial charge in [0.2, 0.25) is 0 Å². The van der Waals surface area contributed by atoms with Gasteiger partial charge in [0.15, 0.2) is 5.96 Å². The lowest BCUT2D eigenvalue weighted by Crippen LogP contribution is -2.45. The van der Waals surface area contributed by atoms with Crippen molar-refractivity contribution in [3.8, 4) is 0 Å². The van der Waals surface area contributed by atoms with E-state index in [1.165, 1.54) is 43.2 Å². The van der Waals surface area contributed by atoms with E-state index in [1.54, 1.807) is 0 Å². The molecule has 152 valence electrons. The topological polar surface area (TPSA) is 59.9 Å². The van der Waals surface area contributed by atoms with Crippen LogP contribution in [0.25, 0.3) is 0 Å². The zero-order valence-electron chi connectivity index (χ0n) is 16.5. The van der Waals surface area contributed by atoms with E-state index in [1.807, 2.05) is 0 Å². The van der Waals surface area contributed by atoms with Crippen LogP contribution in [0.4, 0.5) is 0 Å². The number of fused-ring (bicyclic) bond motifs is 1. The third-order valence-corrected chi connectivity index (χ3v) is 5.43. The number of hydrogen-bond donors (Lipinski definition) is 3. The number of benzene rings is 1. The predicted octanol–water partition coefficient (Wildman–Crippen LogP) is 2.91. The fourth-order valence-electron chi connectivity index (χ4n) is 4.02. The number of halogens is 1. The molecule has 0 amide bonds. The fraction of sp³-hybridized carbons (Fsp3) is 0.667. The van der Waals surface area contributed by atoms with Crippen LogP contribution in [-0.4, -0.2) is 54.3 Å². The number of rotatable bonds is 6.